The minimum Gasteiger partial charge on any atom is -0.506 e. The van der Waals surface area contributed by atoms with Gasteiger partial charge < -0.3 is 20.4 Å². The molecule has 0 saturated carbocycles. The molecule has 4 N–H and O–H groups in total. The molecule has 0 aromatic heterocycles. The summed E-state index contributed by atoms with van der Waals surface area (Å²) in [5, 5.41) is 41.6. The molecule has 0 spiro atoms. The fraction of sp³-hybridized carbons (Fsp3) is 0. The molecule has 48 heavy (non-hydrogen) atoms. The van der Waals surface area contributed by atoms with Gasteiger partial charge in [0.2, 0.25) is 0 Å². The van der Waals surface area contributed by atoms with Gasteiger partial charge in [0.1, 0.15) is 45.7 Å². The summed E-state index contributed by atoms with van der Waals surface area (Å²) in [6.45, 7) is 0. The molecule has 0 fully saturated rings. The normalized spacial score (nSPS) is 11.8. The van der Waals surface area contributed by atoms with E-state index in [1.807, 2.05) is 60.7 Å². The van der Waals surface area contributed by atoms with Gasteiger partial charge in [-0.1, -0.05) is 84.9 Å². The second-order valence-electron chi connectivity index (χ2n) is 10.7. The molecule has 8 heteroatoms. The number of benzene rings is 6. The van der Waals surface area contributed by atoms with Crippen LogP contribution < -0.4 is 0 Å². The molecule has 6 aromatic carbocycles. The smallest absolute Gasteiger partial charge is 0.141 e. The quantitative estimate of drug-likeness (QED) is 0.119. The van der Waals surface area contributed by atoms with Crippen LogP contribution >= 0.6 is 0 Å². The van der Waals surface area contributed by atoms with Gasteiger partial charge in [0.15, 0.2) is 0 Å². The monoisotopic (exact) mass is 630 g/mol. The van der Waals surface area contributed by atoms with Gasteiger partial charge in [0.25, 0.3) is 0 Å². The summed E-state index contributed by atoms with van der Waals surface area (Å²) in [6.07, 6.45) is 6.61. The van der Waals surface area contributed by atoms with Crippen LogP contribution in [0, 0.1) is 0 Å². The van der Waals surface area contributed by atoms with Gasteiger partial charge in [0, 0.05) is 47.1 Å². The summed E-state index contributed by atoms with van der Waals surface area (Å²) >= 11 is 0. The minimum atomic E-state index is -0.0206. The topological polar surface area (TPSA) is 130 Å². The fourth-order valence-corrected chi connectivity index (χ4v) is 4.82. The van der Waals surface area contributed by atoms with Crippen LogP contribution in [0.4, 0.5) is 22.7 Å². The first-order chi connectivity index (χ1) is 23.4. The zero-order valence-corrected chi connectivity index (χ0v) is 25.6. The van der Waals surface area contributed by atoms with E-state index in [0.717, 1.165) is 22.3 Å². The number of hydrogen-bond donors (Lipinski definition) is 4. The highest BCUT2D eigenvalue weighted by atomic mass is 16.3. The Kier molecular flexibility index (Phi) is 9.44. The highest BCUT2D eigenvalue weighted by Crippen LogP contribution is 2.36. The minimum absolute atomic E-state index is 0.0206. The summed E-state index contributed by atoms with van der Waals surface area (Å²) in [5.74, 6) is 0.144. The Morgan fingerprint density at radius 1 is 0.312 bits per heavy atom. The Balaban J connectivity index is 1.17. The lowest BCUT2D eigenvalue weighted by Crippen LogP contribution is -1.91. The predicted molar refractivity (Wildman–Crippen MR) is 193 cm³/mol. The maximum atomic E-state index is 10.8. The van der Waals surface area contributed by atoms with Crippen LogP contribution in [0.15, 0.2) is 153 Å². The van der Waals surface area contributed by atoms with Crippen molar-refractivity contribution in [3.05, 3.63) is 156 Å². The first-order valence-electron chi connectivity index (χ1n) is 15.0. The fourth-order valence-electron chi connectivity index (χ4n) is 4.82. The number of nitrogens with zero attached hydrogens (tertiary/aromatic N) is 4. The van der Waals surface area contributed by atoms with E-state index in [0.29, 0.717) is 33.9 Å². The van der Waals surface area contributed by atoms with Crippen molar-refractivity contribution in [2.24, 2.45) is 20.0 Å². The maximum absolute atomic E-state index is 10.8. The molecule has 6 rings (SSSR count). The van der Waals surface area contributed by atoms with E-state index in [1.165, 1.54) is 0 Å². The molecule has 0 aliphatic rings. The third kappa shape index (κ3) is 7.52. The van der Waals surface area contributed by atoms with Crippen molar-refractivity contribution in [2.75, 3.05) is 0 Å². The Morgan fingerprint density at radius 3 is 0.917 bits per heavy atom. The lowest BCUT2D eigenvalue weighted by atomic mass is 10.0. The Labute approximate surface area is 277 Å². The molecule has 0 unspecified atom stereocenters. The van der Waals surface area contributed by atoms with Crippen LogP contribution in [0.2, 0.25) is 0 Å². The highest BCUT2D eigenvalue weighted by molar-refractivity contribution is 5.97. The van der Waals surface area contributed by atoms with Gasteiger partial charge in [-0.25, -0.2) is 0 Å². The molecule has 0 atom stereocenters. The highest BCUT2D eigenvalue weighted by Gasteiger charge is 2.08. The van der Waals surface area contributed by atoms with E-state index in [1.54, 1.807) is 97.7 Å². The Hall–Kier alpha value is -6.80. The molecule has 0 radical (unpaired) electrons. The molecule has 8 nitrogen and oxygen atoms in total. The summed E-state index contributed by atoms with van der Waals surface area (Å²) in [6, 6.07) is 39.0. The number of aromatic hydroxyl groups is 4. The number of aliphatic imine (C=N–C) groups is 4. The molecular formula is C40H30N4O4. The van der Waals surface area contributed by atoms with Crippen molar-refractivity contribution < 1.29 is 20.4 Å². The van der Waals surface area contributed by atoms with Crippen LogP contribution in [0.5, 0.6) is 23.0 Å². The molecule has 0 saturated heterocycles. The van der Waals surface area contributed by atoms with E-state index in [2.05, 4.69) is 20.0 Å². The largest absolute Gasteiger partial charge is 0.506 e. The molecular weight excluding hydrogens is 600 g/mol. The van der Waals surface area contributed by atoms with Crippen molar-refractivity contribution >= 4 is 47.6 Å². The molecule has 6 aromatic rings. The summed E-state index contributed by atoms with van der Waals surface area (Å²) < 4.78 is 0. The third-order valence-electron chi connectivity index (χ3n) is 7.41. The Bertz CT molecular complexity index is 2050. The van der Waals surface area contributed by atoms with Gasteiger partial charge in [-0.2, -0.15) is 0 Å². The van der Waals surface area contributed by atoms with E-state index in [9.17, 15) is 20.4 Å². The van der Waals surface area contributed by atoms with Gasteiger partial charge in [-0.3, -0.25) is 20.0 Å². The second kappa shape index (κ2) is 14.5. The van der Waals surface area contributed by atoms with E-state index in [4.69, 9.17) is 0 Å². The number of para-hydroxylation sites is 4. The van der Waals surface area contributed by atoms with Crippen molar-refractivity contribution in [1.29, 1.82) is 0 Å². The van der Waals surface area contributed by atoms with Crippen molar-refractivity contribution in [2.45, 2.75) is 0 Å². The van der Waals surface area contributed by atoms with Gasteiger partial charge >= 0.3 is 0 Å². The van der Waals surface area contributed by atoms with Crippen LogP contribution in [0.3, 0.4) is 0 Å². The van der Waals surface area contributed by atoms with Crippen LogP contribution in [-0.4, -0.2) is 45.3 Å². The zero-order chi connectivity index (χ0) is 33.3. The number of rotatable bonds is 9. The molecule has 0 aliphatic heterocycles. The summed E-state index contributed by atoms with van der Waals surface area (Å²) in [5.41, 5.74) is 6.21. The zero-order valence-electron chi connectivity index (χ0n) is 25.6. The Morgan fingerprint density at radius 2 is 0.604 bits per heavy atom. The second-order valence-corrected chi connectivity index (χ2v) is 10.7. The standard InChI is InChI=1S/C40H30N4O4/c45-37-15-7-5-13-33(37)41-23-29-9-1-3-11-31(29)25-43-35-19-17-27(21-39(35)47)28-18-20-36(40(48)22-28)44-26-32-12-4-2-10-30(32)24-42-34-14-6-8-16-38(34)46/h1-26,45-48H. The van der Waals surface area contributed by atoms with E-state index in [-0.39, 0.29) is 23.0 Å². The SMILES string of the molecule is Oc1ccccc1N=Cc1ccccc1C=Nc1ccc(-c2ccc(N=Cc3ccccc3C=Nc3ccccc3O)c(O)c2)cc1O. The van der Waals surface area contributed by atoms with Crippen molar-refractivity contribution in [1.82, 2.24) is 0 Å². The van der Waals surface area contributed by atoms with E-state index < -0.39 is 0 Å². The van der Waals surface area contributed by atoms with Gasteiger partial charge in [-0.15, -0.1) is 0 Å². The summed E-state index contributed by atoms with van der Waals surface area (Å²) in [4.78, 5) is 17.8. The molecule has 0 aliphatic carbocycles. The molecule has 0 bridgehead atoms. The molecule has 234 valence electrons. The molecule has 0 heterocycles. The predicted octanol–water partition coefficient (Wildman–Crippen LogP) is 9.18. The van der Waals surface area contributed by atoms with Crippen molar-refractivity contribution in [3.63, 3.8) is 0 Å². The molecule has 0 amide bonds. The maximum Gasteiger partial charge on any atom is 0.141 e. The summed E-state index contributed by atoms with van der Waals surface area (Å²) in [7, 11) is 0. The average Bonchev–Trinajstić information content (AvgIpc) is 3.10. The van der Waals surface area contributed by atoms with Crippen molar-refractivity contribution in [3.8, 4) is 34.1 Å². The first kappa shape index (κ1) is 31.2. The van der Waals surface area contributed by atoms with Crippen LogP contribution in [-0.2, 0) is 0 Å². The number of hydrogen-bond acceptors (Lipinski definition) is 8. The lowest BCUT2D eigenvalue weighted by molar-refractivity contribution is 0.476. The number of phenols is 4. The average molecular weight is 631 g/mol. The van der Waals surface area contributed by atoms with Gasteiger partial charge in [-0.05, 0) is 59.7 Å². The first-order valence-corrected chi connectivity index (χ1v) is 15.0. The van der Waals surface area contributed by atoms with Gasteiger partial charge in [0.05, 0.1) is 0 Å². The third-order valence-corrected chi connectivity index (χ3v) is 7.41. The number of phenolic OH excluding ortho intramolecular Hbond substituents is 4. The lowest BCUT2D eigenvalue weighted by Gasteiger charge is -2.07. The van der Waals surface area contributed by atoms with Crippen LogP contribution in [0.1, 0.15) is 22.3 Å². The van der Waals surface area contributed by atoms with Crippen LogP contribution in [0.25, 0.3) is 11.1 Å². The van der Waals surface area contributed by atoms with E-state index >= 15 is 0 Å².